The molecule has 1 heteroatoms. The molecule has 0 radical (unpaired) electrons. The molecule has 0 amide bonds. The van der Waals surface area contributed by atoms with E-state index in [-0.39, 0.29) is 0 Å². The van der Waals surface area contributed by atoms with Crippen LogP contribution in [0.5, 0.6) is 0 Å². The summed E-state index contributed by atoms with van der Waals surface area (Å²) in [5.41, 5.74) is 7.23. The second kappa shape index (κ2) is 4.99. The Morgan fingerprint density at radius 1 is 0.652 bits per heavy atom. The van der Waals surface area contributed by atoms with E-state index in [1.54, 1.807) is 5.56 Å². The minimum atomic E-state index is 0.532. The van der Waals surface area contributed by atoms with Gasteiger partial charge >= 0.3 is 0 Å². The van der Waals surface area contributed by atoms with Gasteiger partial charge in [-0.05, 0) is 47.7 Å². The van der Waals surface area contributed by atoms with E-state index in [0.29, 0.717) is 12.0 Å². The molecule has 2 atom stereocenters. The number of benzene rings is 3. The SMILES string of the molecule is c1ccc(N2c3ccccc3CC3c4ccccc4CC32)cc1. The van der Waals surface area contributed by atoms with Crippen LogP contribution < -0.4 is 4.90 Å². The number of nitrogens with zero attached hydrogens (tertiary/aromatic N) is 1. The molecule has 2 unspecified atom stereocenters. The molecule has 0 saturated heterocycles. The number of anilines is 2. The average molecular weight is 297 g/mol. The lowest BCUT2D eigenvalue weighted by Crippen LogP contribution is -2.39. The van der Waals surface area contributed by atoms with Crippen LogP contribution in [0.2, 0.25) is 0 Å². The highest BCUT2D eigenvalue weighted by molar-refractivity contribution is 5.71. The van der Waals surface area contributed by atoms with E-state index < -0.39 is 0 Å². The average Bonchev–Trinajstić information content (AvgIpc) is 2.98. The highest BCUT2D eigenvalue weighted by Crippen LogP contribution is 2.48. The number of fused-ring (bicyclic) bond motifs is 4. The molecule has 0 N–H and O–H groups in total. The summed E-state index contributed by atoms with van der Waals surface area (Å²) in [7, 11) is 0. The first-order valence-electron chi connectivity index (χ1n) is 8.42. The Bertz CT molecular complexity index is 853. The fourth-order valence-electron chi connectivity index (χ4n) is 4.43. The van der Waals surface area contributed by atoms with Crippen molar-refractivity contribution in [3.63, 3.8) is 0 Å². The molecule has 1 aliphatic carbocycles. The van der Waals surface area contributed by atoms with Crippen LogP contribution in [0.4, 0.5) is 11.4 Å². The van der Waals surface area contributed by atoms with Crippen molar-refractivity contribution in [3.8, 4) is 0 Å². The zero-order valence-corrected chi connectivity index (χ0v) is 13.0. The Labute approximate surface area is 137 Å². The van der Waals surface area contributed by atoms with Crippen molar-refractivity contribution in [2.75, 3.05) is 4.90 Å². The molecular formula is C22H19N. The van der Waals surface area contributed by atoms with Crippen LogP contribution in [0.15, 0.2) is 78.9 Å². The third kappa shape index (κ3) is 1.93. The monoisotopic (exact) mass is 297 g/mol. The van der Waals surface area contributed by atoms with Gasteiger partial charge in [-0.25, -0.2) is 0 Å². The molecule has 0 saturated carbocycles. The van der Waals surface area contributed by atoms with Crippen molar-refractivity contribution < 1.29 is 0 Å². The van der Waals surface area contributed by atoms with Crippen LogP contribution in [0, 0.1) is 0 Å². The molecule has 0 bridgehead atoms. The van der Waals surface area contributed by atoms with Crippen LogP contribution >= 0.6 is 0 Å². The molecule has 1 heterocycles. The summed E-state index contributed by atoms with van der Waals surface area (Å²) in [4.78, 5) is 2.57. The Kier molecular flexibility index (Phi) is 2.81. The first-order chi connectivity index (χ1) is 11.4. The molecule has 1 aliphatic heterocycles. The highest BCUT2D eigenvalue weighted by Gasteiger charge is 2.40. The van der Waals surface area contributed by atoms with E-state index in [9.17, 15) is 0 Å². The lowest BCUT2D eigenvalue weighted by atomic mass is 9.85. The first-order valence-corrected chi connectivity index (χ1v) is 8.42. The van der Waals surface area contributed by atoms with Crippen molar-refractivity contribution >= 4 is 11.4 Å². The topological polar surface area (TPSA) is 3.24 Å². The summed E-state index contributed by atoms with van der Waals surface area (Å²) < 4.78 is 0. The van der Waals surface area contributed by atoms with Gasteiger partial charge in [-0.3, -0.25) is 0 Å². The van der Waals surface area contributed by atoms with Crippen molar-refractivity contribution in [3.05, 3.63) is 95.6 Å². The molecule has 3 aromatic rings. The van der Waals surface area contributed by atoms with Crippen LogP contribution in [0.3, 0.4) is 0 Å². The molecule has 1 nitrogen and oxygen atoms in total. The minimum absolute atomic E-state index is 0.532. The van der Waals surface area contributed by atoms with E-state index in [0.717, 1.165) is 12.8 Å². The summed E-state index contributed by atoms with van der Waals surface area (Å²) in [6.07, 6.45) is 2.30. The maximum Gasteiger partial charge on any atom is 0.0454 e. The van der Waals surface area contributed by atoms with Gasteiger partial charge in [0.2, 0.25) is 0 Å². The number of para-hydroxylation sites is 2. The summed E-state index contributed by atoms with van der Waals surface area (Å²) in [6, 6.07) is 29.3. The zero-order valence-electron chi connectivity index (χ0n) is 13.0. The minimum Gasteiger partial charge on any atom is -0.337 e. The highest BCUT2D eigenvalue weighted by atomic mass is 15.2. The van der Waals surface area contributed by atoms with Gasteiger partial charge in [-0.1, -0.05) is 60.7 Å². The van der Waals surface area contributed by atoms with Crippen molar-refractivity contribution in [2.24, 2.45) is 0 Å². The maximum absolute atomic E-state index is 2.57. The van der Waals surface area contributed by atoms with Gasteiger partial charge in [0.25, 0.3) is 0 Å². The van der Waals surface area contributed by atoms with Crippen molar-refractivity contribution in [1.82, 2.24) is 0 Å². The summed E-state index contributed by atoms with van der Waals surface area (Å²) in [5, 5.41) is 0. The second-order valence-corrected chi connectivity index (χ2v) is 6.62. The quantitative estimate of drug-likeness (QED) is 0.605. The number of hydrogen-bond donors (Lipinski definition) is 0. The molecule has 3 aromatic carbocycles. The molecule has 112 valence electrons. The Hall–Kier alpha value is -2.54. The van der Waals surface area contributed by atoms with Crippen LogP contribution in [-0.2, 0) is 12.8 Å². The lowest BCUT2D eigenvalue weighted by molar-refractivity contribution is 0.534. The molecule has 2 aliphatic rings. The van der Waals surface area contributed by atoms with Crippen molar-refractivity contribution in [1.29, 1.82) is 0 Å². The van der Waals surface area contributed by atoms with Crippen LogP contribution in [-0.4, -0.2) is 6.04 Å². The maximum atomic E-state index is 2.57. The second-order valence-electron chi connectivity index (χ2n) is 6.62. The summed E-state index contributed by atoms with van der Waals surface area (Å²) >= 11 is 0. The fraction of sp³-hybridized carbons (Fsp3) is 0.182. The largest absolute Gasteiger partial charge is 0.337 e. The van der Waals surface area contributed by atoms with E-state index >= 15 is 0 Å². The summed E-state index contributed by atoms with van der Waals surface area (Å²) in [5.74, 6) is 0.598. The van der Waals surface area contributed by atoms with Gasteiger partial charge in [0.15, 0.2) is 0 Å². The zero-order chi connectivity index (χ0) is 15.2. The Balaban J connectivity index is 1.70. The predicted molar refractivity (Wildman–Crippen MR) is 95.4 cm³/mol. The molecular weight excluding hydrogens is 278 g/mol. The Morgan fingerprint density at radius 3 is 2.22 bits per heavy atom. The number of hydrogen-bond acceptors (Lipinski definition) is 1. The first kappa shape index (κ1) is 13.0. The molecule has 5 rings (SSSR count). The molecule has 0 spiro atoms. The number of rotatable bonds is 1. The third-order valence-corrected chi connectivity index (χ3v) is 5.41. The smallest absolute Gasteiger partial charge is 0.0454 e. The predicted octanol–water partition coefficient (Wildman–Crippen LogP) is 5.09. The summed E-state index contributed by atoms with van der Waals surface area (Å²) in [6.45, 7) is 0. The standard InChI is InChI=1S/C22H19N/c1-2-10-18(11-3-1)23-21-13-7-5-9-17(21)14-20-19-12-6-4-8-16(19)15-22(20)23/h1-13,20,22H,14-15H2. The fourth-order valence-corrected chi connectivity index (χ4v) is 4.43. The van der Waals surface area contributed by atoms with E-state index in [1.807, 2.05) is 0 Å². The van der Waals surface area contributed by atoms with Crippen LogP contribution in [0.1, 0.15) is 22.6 Å². The van der Waals surface area contributed by atoms with Crippen molar-refractivity contribution in [2.45, 2.75) is 24.8 Å². The Morgan fingerprint density at radius 2 is 1.35 bits per heavy atom. The van der Waals surface area contributed by atoms with Gasteiger partial charge in [-0.2, -0.15) is 0 Å². The normalized spacial score (nSPS) is 21.5. The van der Waals surface area contributed by atoms with Gasteiger partial charge in [0, 0.05) is 23.3 Å². The van der Waals surface area contributed by atoms with Gasteiger partial charge in [0.1, 0.15) is 0 Å². The molecule has 0 fully saturated rings. The molecule has 0 aromatic heterocycles. The van der Waals surface area contributed by atoms with Gasteiger partial charge in [0.05, 0.1) is 0 Å². The lowest BCUT2D eigenvalue weighted by Gasteiger charge is -2.41. The van der Waals surface area contributed by atoms with Gasteiger partial charge < -0.3 is 4.90 Å². The van der Waals surface area contributed by atoms with E-state index in [4.69, 9.17) is 0 Å². The third-order valence-electron chi connectivity index (χ3n) is 5.41. The molecule has 23 heavy (non-hydrogen) atoms. The van der Waals surface area contributed by atoms with E-state index in [2.05, 4.69) is 83.8 Å². The van der Waals surface area contributed by atoms with Crippen LogP contribution in [0.25, 0.3) is 0 Å². The van der Waals surface area contributed by atoms with E-state index in [1.165, 1.54) is 22.5 Å². The van der Waals surface area contributed by atoms with Gasteiger partial charge in [-0.15, -0.1) is 0 Å².